The molecule has 0 bridgehead atoms. The maximum atomic E-state index is 5.32. The van der Waals surface area contributed by atoms with E-state index in [9.17, 15) is 0 Å². The third-order valence-electron chi connectivity index (χ3n) is 6.60. The first-order valence-electron chi connectivity index (χ1n) is 12.0. The van der Waals surface area contributed by atoms with E-state index < -0.39 is 0 Å². The fourth-order valence-corrected chi connectivity index (χ4v) is 4.65. The quantitative estimate of drug-likeness (QED) is 0.367. The molecule has 2 heterocycles. The summed E-state index contributed by atoms with van der Waals surface area (Å²) in [6, 6.07) is 16.5. The summed E-state index contributed by atoms with van der Waals surface area (Å²) < 4.78 is 12.8. The third kappa shape index (κ3) is 4.69. The number of nitrogens with one attached hydrogen (secondary N) is 1. The van der Waals surface area contributed by atoms with Gasteiger partial charge in [-0.05, 0) is 61.2 Å². The normalized spacial score (nSPS) is 14.3. The van der Waals surface area contributed by atoms with Gasteiger partial charge in [-0.25, -0.2) is 15.0 Å². The molecule has 0 aliphatic heterocycles. The number of fused-ring (bicyclic) bond motifs is 1. The molecule has 0 radical (unpaired) electrons. The SMILES string of the molecule is COc1ccc(CCNc2nc(-c3ccc(OC)cc3)nc3c2ncn3C2CCCCC2)cc1. The van der Waals surface area contributed by atoms with Crippen LogP contribution in [0.25, 0.3) is 22.6 Å². The number of imidazole rings is 1. The first-order chi connectivity index (χ1) is 16.7. The highest BCUT2D eigenvalue weighted by Gasteiger charge is 2.21. The zero-order chi connectivity index (χ0) is 23.3. The van der Waals surface area contributed by atoms with E-state index in [0.717, 1.165) is 47.0 Å². The molecule has 5 rings (SSSR count). The maximum absolute atomic E-state index is 5.32. The Morgan fingerprint density at radius 3 is 2.24 bits per heavy atom. The van der Waals surface area contributed by atoms with Crippen molar-refractivity contribution in [2.24, 2.45) is 0 Å². The average molecular weight is 458 g/mol. The van der Waals surface area contributed by atoms with Crippen LogP contribution in [-0.2, 0) is 6.42 Å². The first kappa shape index (κ1) is 22.2. The number of ether oxygens (including phenoxy) is 2. The number of methoxy groups -OCH3 is 2. The zero-order valence-corrected chi connectivity index (χ0v) is 19.8. The van der Waals surface area contributed by atoms with Crippen molar-refractivity contribution in [2.45, 2.75) is 44.6 Å². The van der Waals surface area contributed by atoms with Crippen molar-refractivity contribution < 1.29 is 9.47 Å². The van der Waals surface area contributed by atoms with Gasteiger partial charge in [-0.2, -0.15) is 0 Å². The van der Waals surface area contributed by atoms with Gasteiger partial charge in [0.1, 0.15) is 17.0 Å². The second-order valence-electron chi connectivity index (χ2n) is 8.77. The maximum Gasteiger partial charge on any atom is 0.166 e. The Morgan fingerprint density at radius 2 is 1.56 bits per heavy atom. The summed E-state index contributed by atoms with van der Waals surface area (Å²) in [5.74, 6) is 3.15. The molecule has 0 atom stereocenters. The topological polar surface area (TPSA) is 74.1 Å². The van der Waals surface area contributed by atoms with Crippen LogP contribution in [0, 0.1) is 0 Å². The van der Waals surface area contributed by atoms with Gasteiger partial charge in [-0.3, -0.25) is 0 Å². The van der Waals surface area contributed by atoms with Gasteiger partial charge in [0.05, 0.1) is 20.5 Å². The number of hydrogen-bond donors (Lipinski definition) is 1. The van der Waals surface area contributed by atoms with Crippen LogP contribution in [0.15, 0.2) is 54.9 Å². The summed E-state index contributed by atoms with van der Waals surface area (Å²) in [5, 5.41) is 3.53. The molecule has 1 fully saturated rings. The average Bonchev–Trinajstić information content (AvgIpc) is 3.34. The number of aromatic nitrogens is 4. The molecule has 0 unspecified atom stereocenters. The highest BCUT2D eigenvalue weighted by molar-refractivity contribution is 5.85. The first-order valence-corrected chi connectivity index (χ1v) is 12.0. The summed E-state index contributed by atoms with van der Waals surface area (Å²) in [4.78, 5) is 14.6. The molecule has 7 nitrogen and oxygen atoms in total. The summed E-state index contributed by atoms with van der Waals surface area (Å²) in [6.07, 6.45) is 8.99. The highest BCUT2D eigenvalue weighted by atomic mass is 16.5. The van der Waals surface area contributed by atoms with E-state index in [1.165, 1.54) is 37.7 Å². The van der Waals surface area contributed by atoms with E-state index in [4.69, 9.17) is 24.4 Å². The van der Waals surface area contributed by atoms with Crippen molar-refractivity contribution in [3.05, 3.63) is 60.4 Å². The third-order valence-corrected chi connectivity index (χ3v) is 6.60. The monoisotopic (exact) mass is 457 g/mol. The summed E-state index contributed by atoms with van der Waals surface area (Å²) in [5.41, 5.74) is 3.93. The van der Waals surface area contributed by atoms with Crippen LogP contribution >= 0.6 is 0 Å². The van der Waals surface area contributed by atoms with Gasteiger partial charge in [0, 0.05) is 18.2 Å². The Balaban J connectivity index is 1.46. The van der Waals surface area contributed by atoms with Crippen LogP contribution in [0.3, 0.4) is 0 Å². The van der Waals surface area contributed by atoms with E-state index >= 15 is 0 Å². The van der Waals surface area contributed by atoms with Crippen LogP contribution in [0.4, 0.5) is 5.82 Å². The molecule has 4 aromatic rings. The van der Waals surface area contributed by atoms with Crippen LogP contribution in [0.2, 0.25) is 0 Å². The number of benzene rings is 2. The van der Waals surface area contributed by atoms with Crippen LogP contribution in [0.1, 0.15) is 43.7 Å². The van der Waals surface area contributed by atoms with Crippen molar-refractivity contribution >= 4 is 17.0 Å². The molecule has 7 heteroatoms. The minimum Gasteiger partial charge on any atom is -0.497 e. The number of hydrogen-bond acceptors (Lipinski definition) is 6. The molecular weight excluding hydrogens is 426 g/mol. The van der Waals surface area contributed by atoms with Crippen molar-refractivity contribution in [1.82, 2.24) is 19.5 Å². The summed E-state index contributed by atoms with van der Waals surface area (Å²) in [6.45, 7) is 0.747. The minimum absolute atomic E-state index is 0.449. The fourth-order valence-electron chi connectivity index (χ4n) is 4.65. The molecule has 1 N–H and O–H groups in total. The minimum atomic E-state index is 0.449. The second-order valence-corrected chi connectivity index (χ2v) is 8.77. The standard InChI is InChI=1S/C27H31N5O2/c1-33-22-12-8-19(9-13-22)16-17-28-26-24-27(32(18-29-24)21-6-4-3-5-7-21)31-25(30-26)20-10-14-23(34-2)15-11-20/h8-15,18,21H,3-7,16-17H2,1-2H3,(H,28,30,31). The smallest absolute Gasteiger partial charge is 0.166 e. The lowest BCUT2D eigenvalue weighted by molar-refractivity contribution is 0.358. The van der Waals surface area contributed by atoms with Crippen molar-refractivity contribution in [2.75, 3.05) is 26.1 Å². The van der Waals surface area contributed by atoms with Crippen LogP contribution < -0.4 is 14.8 Å². The Kier molecular flexibility index (Phi) is 6.60. The van der Waals surface area contributed by atoms with Gasteiger partial charge in [0.15, 0.2) is 17.3 Å². The summed E-state index contributed by atoms with van der Waals surface area (Å²) >= 11 is 0. The van der Waals surface area contributed by atoms with Gasteiger partial charge in [-0.15, -0.1) is 0 Å². The van der Waals surface area contributed by atoms with Gasteiger partial charge >= 0.3 is 0 Å². The Morgan fingerprint density at radius 1 is 0.882 bits per heavy atom. The van der Waals surface area contributed by atoms with Crippen molar-refractivity contribution in [1.29, 1.82) is 0 Å². The Labute approximate surface area is 200 Å². The lowest BCUT2D eigenvalue weighted by Gasteiger charge is -2.23. The van der Waals surface area contributed by atoms with Crippen molar-refractivity contribution in [3.8, 4) is 22.9 Å². The second kappa shape index (κ2) is 10.1. The lowest BCUT2D eigenvalue weighted by Crippen LogP contribution is -2.13. The number of rotatable bonds is 8. The molecule has 0 spiro atoms. The molecule has 1 aliphatic rings. The number of nitrogens with zero attached hydrogens (tertiary/aromatic N) is 4. The molecule has 34 heavy (non-hydrogen) atoms. The predicted molar refractivity (Wildman–Crippen MR) is 135 cm³/mol. The Hall–Kier alpha value is -3.61. The van der Waals surface area contributed by atoms with Crippen LogP contribution in [0.5, 0.6) is 11.5 Å². The molecule has 0 amide bonds. The molecular formula is C27H31N5O2. The van der Waals surface area contributed by atoms with E-state index in [-0.39, 0.29) is 0 Å². The van der Waals surface area contributed by atoms with Gasteiger partial charge < -0.3 is 19.4 Å². The van der Waals surface area contributed by atoms with Crippen LogP contribution in [-0.4, -0.2) is 40.3 Å². The predicted octanol–water partition coefficient (Wildman–Crippen LogP) is 5.67. The summed E-state index contributed by atoms with van der Waals surface area (Å²) in [7, 11) is 3.36. The van der Waals surface area contributed by atoms with Gasteiger partial charge in [0.2, 0.25) is 0 Å². The molecule has 1 saturated carbocycles. The van der Waals surface area contributed by atoms with E-state index in [2.05, 4.69) is 22.0 Å². The van der Waals surface area contributed by atoms with Gasteiger partial charge in [-0.1, -0.05) is 31.4 Å². The molecule has 2 aromatic carbocycles. The lowest BCUT2D eigenvalue weighted by atomic mass is 9.95. The largest absolute Gasteiger partial charge is 0.497 e. The van der Waals surface area contributed by atoms with E-state index in [0.29, 0.717) is 11.9 Å². The molecule has 0 saturated heterocycles. The Bertz CT molecular complexity index is 1230. The molecule has 2 aromatic heterocycles. The highest BCUT2D eigenvalue weighted by Crippen LogP contribution is 2.33. The molecule has 176 valence electrons. The van der Waals surface area contributed by atoms with E-state index in [1.54, 1.807) is 14.2 Å². The zero-order valence-electron chi connectivity index (χ0n) is 19.8. The van der Waals surface area contributed by atoms with Crippen molar-refractivity contribution in [3.63, 3.8) is 0 Å². The fraction of sp³-hybridized carbons (Fsp3) is 0.370. The van der Waals surface area contributed by atoms with E-state index in [1.807, 2.05) is 42.7 Å². The molecule has 1 aliphatic carbocycles. The number of anilines is 1. The van der Waals surface area contributed by atoms with Gasteiger partial charge in [0.25, 0.3) is 0 Å².